The van der Waals surface area contributed by atoms with Crippen molar-refractivity contribution < 1.29 is 9.72 Å². The number of thioether (sulfide) groups is 1. The van der Waals surface area contributed by atoms with Crippen molar-refractivity contribution in [2.45, 2.75) is 32.9 Å². The number of nitrogens with one attached hydrogen (secondary N) is 1. The first kappa shape index (κ1) is 20.5. The number of hydrogen-bond acceptors (Lipinski definition) is 7. The summed E-state index contributed by atoms with van der Waals surface area (Å²) in [5, 5.41) is 26.0. The first-order valence-corrected chi connectivity index (χ1v) is 9.79. The molecular formula is C19H20N6O3S. The normalized spacial score (nSPS) is 10.8. The van der Waals surface area contributed by atoms with Gasteiger partial charge >= 0.3 is 0 Å². The van der Waals surface area contributed by atoms with Crippen LogP contribution in [0, 0.1) is 37.8 Å². The second-order valence-corrected chi connectivity index (χ2v) is 7.66. The Morgan fingerprint density at radius 3 is 2.48 bits per heavy atom. The average molecular weight is 412 g/mol. The summed E-state index contributed by atoms with van der Waals surface area (Å²) in [4.78, 5) is 22.9. The van der Waals surface area contributed by atoms with Gasteiger partial charge in [0.2, 0.25) is 11.1 Å². The summed E-state index contributed by atoms with van der Waals surface area (Å²) >= 11 is 1.19. The van der Waals surface area contributed by atoms with Gasteiger partial charge in [-0.3, -0.25) is 14.9 Å². The molecule has 0 fully saturated rings. The van der Waals surface area contributed by atoms with E-state index in [0.29, 0.717) is 16.4 Å². The number of benzene rings is 2. The SMILES string of the molecule is Cc1cc(C)c(-n2nnnc2SCC(=O)Nc2ccc(C)c([N+](=O)[O-])c2)c(C)c1. The second-order valence-electron chi connectivity index (χ2n) is 6.72. The molecule has 0 aliphatic carbocycles. The lowest BCUT2D eigenvalue weighted by Crippen LogP contribution is -2.15. The number of nitro groups is 1. The van der Waals surface area contributed by atoms with Crippen molar-refractivity contribution in [3.05, 3.63) is 62.7 Å². The van der Waals surface area contributed by atoms with E-state index in [-0.39, 0.29) is 17.3 Å². The van der Waals surface area contributed by atoms with Gasteiger partial charge in [-0.25, -0.2) is 0 Å². The highest BCUT2D eigenvalue weighted by Gasteiger charge is 2.16. The number of nitrogens with zero attached hydrogens (tertiary/aromatic N) is 5. The molecule has 150 valence electrons. The molecule has 0 radical (unpaired) electrons. The number of carbonyl (C=O) groups is 1. The van der Waals surface area contributed by atoms with E-state index < -0.39 is 4.92 Å². The van der Waals surface area contributed by atoms with E-state index >= 15 is 0 Å². The number of amides is 1. The highest BCUT2D eigenvalue weighted by atomic mass is 32.2. The Balaban J connectivity index is 1.72. The molecule has 0 spiro atoms. The standard InChI is InChI=1S/C19H20N6O3S/c1-11-7-13(3)18(14(4)8-11)24-19(21-22-23-24)29-10-17(26)20-15-6-5-12(2)16(9-15)25(27)28/h5-9H,10H2,1-4H3,(H,20,26). The van der Waals surface area contributed by atoms with Crippen LogP contribution in [-0.4, -0.2) is 36.8 Å². The largest absolute Gasteiger partial charge is 0.325 e. The molecular weight excluding hydrogens is 392 g/mol. The summed E-state index contributed by atoms with van der Waals surface area (Å²) in [5.41, 5.74) is 4.98. The predicted octanol–water partition coefficient (Wildman–Crippen LogP) is 3.53. The van der Waals surface area contributed by atoms with Crippen LogP contribution in [0.25, 0.3) is 5.69 Å². The Morgan fingerprint density at radius 1 is 1.14 bits per heavy atom. The van der Waals surface area contributed by atoms with Gasteiger partial charge in [-0.15, -0.1) is 5.10 Å². The topological polar surface area (TPSA) is 116 Å². The minimum atomic E-state index is -0.472. The van der Waals surface area contributed by atoms with E-state index in [9.17, 15) is 14.9 Å². The molecule has 1 amide bonds. The number of carbonyl (C=O) groups excluding carboxylic acids is 1. The minimum Gasteiger partial charge on any atom is -0.325 e. The fraction of sp³-hybridized carbons (Fsp3) is 0.263. The Morgan fingerprint density at radius 2 is 1.83 bits per heavy atom. The summed E-state index contributed by atoms with van der Waals surface area (Å²) < 4.78 is 1.62. The molecule has 1 N–H and O–H groups in total. The molecule has 1 heterocycles. The van der Waals surface area contributed by atoms with E-state index in [4.69, 9.17) is 0 Å². The van der Waals surface area contributed by atoms with E-state index in [2.05, 4.69) is 33.0 Å². The lowest BCUT2D eigenvalue weighted by molar-refractivity contribution is -0.385. The van der Waals surface area contributed by atoms with Gasteiger partial charge in [0.25, 0.3) is 5.69 Å². The Labute approximate surface area is 171 Å². The Bertz CT molecular complexity index is 1070. The number of anilines is 1. The zero-order chi connectivity index (χ0) is 21.1. The van der Waals surface area contributed by atoms with Crippen molar-refractivity contribution >= 4 is 29.0 Å². The second kappa shape index (κ2) is 8.39. The smallest absolute Gasteiger partial charge is 0.274 e. The number of tetrazole rings is 1. The maximum absolute atomic E-state index is 12.3. The van der Waals surface area contributed by atoms with Gasteiger partial charge in [0.1, 0.15) is 0 Å². The number of aryl methyl sites for hydroxylation is 4. The van der Waals surface area contributed by atoms with Crippen LogP contribution in [0.15, 0.2) is 35.5 Å². The Kier molecular flexibility index (Phi) is 5.92. The summed E-state index contributed by atoms with van der Waals surface area (Å²) in [6.45, 7) is 7.65. The highest BCUT2D eigenvalue weighted by molar-refractivity contribution is 7.99. The molecule has 10 heteroatoms. The summed E-state index contributed by atoms with van der Waals surface area (Å²) in [6.07, 6.45) is 0. The van der Waals surface area contributed by atoms with E-state index in [1.165, 1.54) is 17.8 Å². The molecule has 0 bridgehead atoms. The maximum atomic E-state index is 12.3. The first-order valence-electron chi connectivity index (χ1n) is 8.80. The van der Waals surface area contributed by atoms with E-state index in [1.807, 2.05) is 20.8 Å². The summed E-state index contributed by atoms with van der Waals surface area (Å²) in [5.74, 6) is -0.244. The van der Waals surface area contributed by atoms with Gasteiger partial charge in [-0.2, -0.15) is 4.68 Å². The van der Waals surface area contributed by atoms with Crippen LogP contribution in [0.2, 0.25) is 0 Å². The lowest BCUT2D eigenvalue weighted by Gasteiger charge is -2.12. The lowest BCUT2D eigenvalue weighted by atomic mass is 10.1. The zero-order valence-corrected chi connectivity index (χ0v) is 17.3. The molecule has 3 aromatic rings. The third kappa shape index (κ3) is 4.60. The van der Waals surface area contributed by atoms with Gasteiger partial charge in [-0.05, 0) is 55.3 Å². The highest BCUT2D eigenvalue weighted by Crippen LogP contribution is 2.26. The van der Waals surface area contributed by atoms with Crippen LogP contribution >= 0.6 is 11.8 Å². The van der Waals surface area contributed by atoms with Gasteiger partial charge in [0.05, 0.1) is 16.4 Å². The van der Waals surface area contributed by atoms with Crippen LogP contribution in [0.5, 0.6) is 0 Å². The maximum Gasteiger partial charge on any atom is 0.274 e. The third-order valence-electron chi connectivity index (χ3n) is 4.31. The molecule has 0 unspecified atom stereocenters. The molecule has 29 heavy (non-hydrogen) atoms. The molecule has 0 atom stereocenters. The van der Waals surface area contributed by atoms with Gasteiger partial charge < -0.3 is 5.32 Å². The van der Waals surface area contributed by atoms with Crippen LogP contribution in [0.4, 0.5) is 11.4 Å². The van der Waals surface area contributed by atoms with Crippen molar-refractivity contribution in [1.82, 2.24) is 20.2 Å². The van der Waals surface area contributed by atoms with E-state index in [1.54, 1.807) is 23.7 Å². The van der Waals surface area contributed by atoms with Crippen LogP contribution in [0.1, 0.15) is 22.3 Å². The third-order valence-corrected chi connectivity index (χ3v) is 5.23. The summed E-state index contributed by atoms with van der Waals surface area (Å²) in [7, 11) is 0. The van der Waals surface area contributed by atoms with Crippen molar-refractivity contribution in [1.29, 1.82) is 0 Å². The fourth-order valence-corrected chi connectivity index (χ4v) is 3.80. The molecule has 0 saturated heterocycles. The van der Waals surface area contributed by atoms with Crippen molar-refractivity contribution in [2.75, 3.05) is 11.1 Å². The monoisotopic (exact) mass is 412 g/mol. The quantitative estimate of drug-likeness (QED) is 0.374. The van der Waals surface area contributed by atoms with Crippen molar-refractivity contribution in [3.63, 3.8) is 0 Å². The number of nitro benzene ring substituents is 1. The van der Waals surface area contributed by atoms with E-state index in [0.717, 1.165) is 22.4 Å². The summed E-state index contributed by atoms with van der Waals surface area (Å²) in [6, 6.07) is 8.68. The fourth-order valence-electron chi connectivity index (χ4n) is 3.13. The molecule has 0 aliphatic heterocycles. The van der Waals surface area contributed by atoms with Crippen molar-refractivity contribution in [3.8, 4) is 5.69 Å². The average Bonchev–Trinajstić information content (AvgIpc) is 3.08. The van der Waals surface area contributed by atoms with Crippen molar-refractivity contribution in [2.24, 2.45) is 0 Å². The zero-order valence-electron chi connectivity index (χ0n) is 16.5. The molecule has 3 rings (SSSR count). The number of aromatic nitrogens is 4. The molecule has 1 aromatic heterocycles. The van der Waals surface area contributed by atoms with Gasteiger partial charge in [-0.1, -0.05) is 35.5 Å². The van der Waals surface area contributed by atoms with Crippen LogP contribution < -0.4 is 5.32 Å². The van der Waals surface area contributed by atoms with Gasteiger partial charge in [0.15, 0.2) is 0 Å². The number of hydrogen-bond donors (Lipinski definition) is 1. The predicted molar refractivity (Wildman–Crippen MR) is 111 cm³/mol. The molecule has 2 aromatic carbocycles. The number of rotatable bonds is 6. The first-order chi connectivity index (χ1) is 13.8. The molecule has 0 saturated carbocycles. The molecule has 0 aliphatic rings. The van der Waals surface area contributed by atoms with Crippen LogP contribution in [0.3, 0.4) is 0 Å². The van der Waals surface area contributed by atoms with Crippen LogP contribution in [-0.2, 0) is 4.79 Å². The minimum absolute atomic E-state index is 0.0373. The van der Waals surface area contributed by atoms with Gasteiger partial charge in [0, 0.05) is 17.3 Å². The Hall–Kier alpha value is -3.27. The molecule has 9 nitrogen and oxygen atoms in total.